The predicted molar refractivity (Wildman–Crippen MR) is 75.3 cm³/mol. The summed E-state index contributed by atoms with van der Waals surface area (Å²) in [5, 5.41) is 2.81. The van der Waals surface area contributed by atoms with Gasteiger partial charge < -0.3 is 10.3 Å². The minimum Gasteiger partial charge on any atom is -0.364 e. The van der Waals surface area contributed by atoms with Crippen LogP contribution >= 0.6 is 0 Å². The number of carbonyl (C=O) groups excluding carboxylic acids is 1. The summed E-state index contributed by atoms with van der Waals surface area (Å²) in [4.78, 5) is 26.4. The fourth-order valence-electron chi connectivity index (χ4n) is 2.31. The Morgan fingerprint density at radius 2 is 2.26 bits per heavy atom. The van der Waals surface area contributed by atoms with E-state index >= 15 is 0 Å². The van der Waals surface area contributed by atoms with Crippen LogP contribution in [0.1, 0.15) is 48.2 Å². The van der Waals surface area contributed by atoms with Crippen LogP contribution in [0, 0.1) is 6.92 Å². The van der Waals surface area contributed by atoms with Crippen LogP contribution in [0.3, 0.4) is 0 Å². The van der Waals surface area contributed by atoms with E-state index in [4.69, 9.17) is 0 Å². The molecular formula is C15H20N2O2. The molecule has 0 aliphatic heterocycles. The lowest BCUT2D eigenvalue weighted by Gasteiger charge is -2.12. The van der Waals surface area contributed by atoms with Gasteiger partial charge in [-0.3, -0.25) is 9.59 Å². The molecule has 2 N–H and O–H groups in total. The SMILES string of the molecule is Cc1cc(=O)c(C(=O)NCCC2=CCCCC2)c[nH]1. The van der Waals surface area contributed by atoms with Crippen molar-refractivity contribution in [2.24, 2.45) is 0 Å². The van der Waals surface area contributed by atoms with Crippen LogP contribution < -0.4 is 10.7 Å². The molecule has 0 bridgehead atoms. The topological polar surface area (TPSA) is 62.0 Å². The highest BCUT2D eigenvalue weighted by atomic mass is 16.2. The first kappa shape index (κ1) is 13.6. The molecule has 19 heavy (non-hydrogen) atoms. The highest BCUT2D eigenvalue weighted by Gasteiger charge is 2.10. The van der Waals surface area contributed by atoms with Crippen LogP contribution in [-0.4, -0.2) is 17.4 Å². The molecule has 0 fully saturated rings. The molecule has 4 heteroatoms. The lowest BCUT2D eigenvalue weighted by molar-refractivity contribution is 0.0952. The van der Waals surface area contributed by atoms with Gasteiger partial charge in [0, 0.05) is 24.5 Å². The number of hydrogen-bond donors (Lipinski definition) is 2. The molecule has 1 amide bonds. The van der Waals surface area contributed by atoms with Gasteiger partial charge >= 0.3 is 0 Å². The van der Waals surface area contributed by atoms with Gasteiger partial charge in [-0.05, 0) is 39.0 Å². The van der Waals surface area contributed by atoms with Gasteiger partial charge in [0.1, 0.15) is 5.56 Å². The van der Waals surface area contributed by atoms with Gasteiger partial charge in [-0.25, -0.2) is 0 Å². The lowest BCUT2D eigenvalue weighted by atomic mass is 9.97. The van der Waals surface area contributed by atoms with Gasteiger partial charge in [-0.1, -0.05) is 11.6 Å². The number of hydrogen-bond acceptors (Lipinski definition) is 2. The van der Waals surface area contributed by atoms with Crippen LogP contribution in [0.4, 0.5) is 0 Å². The van der Waals surface area contributed by atoms with E-state index in [9.17, 15) is 9.59 Å². The maximum absolute atomic E-state index is 11.9. The van der Waals surface area contributed by atoms with Crippen molar-refractivity contribution in [3.8, 4) is 0 Å². The smallest absolute Gasteiger partial charge is 0.256 e. The summed E-state index contributed by atoms with van der Waals surface area (Å²) >= 11 is 0. The standard InChI is InChI=1S/C15H20N2O2/c1-11-9-14(18)13(10-17-11)15(19)16-8-7-12-5-3-2-4-6-12/h5,9-10H,2-4,6-8H2,1H3,(H,16,19)(H,17,18). The summed E-state index contributed by atoms with van der Waals surface area (Å²) < 4.78 is 0. The Labute approximate surface area is 112 Å². The van der Waals surface area contributed by atoms with E-state index in [1.165, 1.54) is 30.7 Å². The summed E-state index contributed by atoms with van der Waals surface area (Å²) in [5.41, 5.74) is 2.13. The summed E-state index contributed by atoms with van der Waals surface area (Å²) in [7, 11) is 0. The number of aromatic amines is 1. The second-order valence-electron chi connectivity index (χ2n) is 5.01. The van der Waals surface area contributed by atoms with Crippen molar-refractivity contribution in [2.45, 2.75) is 39.0 Å². The van der Waals surface area contributed by atoms with E-state index in [2.05, 4.69) is 16.4 Å². The maximum Gasteiger partial charge on any atom is 0.256 e. The van der Waals surface area contributed by atoms with Crippen molar-refractivity contribution >= 4 is 5.91 Å². The third-order valence-electron chi connectivity index (χ3n) is 3.42. The van der Waals surface area contributed by atoms with Crippen molar-refractivity contribution in [3.63, 3.8) is 0 Å². The molecule has 0 saturated heterocycles. The highest BCUT2D eigenvalue weighted by molar-refractivity contribution is 5.93. The molecule has 0 saturated carbocycles. The van der Waals surface area contributed by atoms with Crippen molar-refractivity contribution in [1.29, 1.82) is 0 Å². The lowest BCUT2D eigenvalue weighted by Crippen LogP contribution is -2.29. The van der Waals surface area contributed by atoms with Gasteiger partial charge in [-0.15, -0.1) is 0 Å². The summed E-state index contributed by atoms with van der Waals surface area (Å²) in [5.74, 6) is -0.294. The first-order valence-electron chi connectivity index (χ1n) is 6.82. The van der Waals surface area contributed by atoms with Crippen molar-refractivity contribution < 1.29 is 4.79 Å². The normalized spacial score (nSPS) is 14.9. The molecule has 1 aromatic heterocycles. The molecule has 0 radical (unpaired) electrons. The molecule has 4 nitrogen and oxygen atoms in total. The van der Waals surface area contributed by atoms with E-state index in [0.29, 0.717) is 6.54 Å². The van der Waals surface area contributed by atoms with Crippen LogP contribution in [-0.2, 0) is 0 Å². The Balaban J connectivity index is 1.87. The Kier molecular flexibility index (Phi) is 4.55. The van der Waals surface area contributed by atoms with E-state index in [0.717, 1.165) is 25.0 Å². The molecule has 102 valence electrons. The molecular weight excluding hydrogens is 240 g/mol. The van der Waals surface area contributed by atoms with Crippen LogP contribution in [0.5, 0.6) is 0 Å². The predicted octanol–water partition coefficient (Wildman–Crippen LogP) is 2.30. The number of rotatable bonds is 4. The minimum absolute atomic E-state index is 0.184. The zero-order valence-electron chi connectivity index (χ0n) is 11.3. The monoisotopic (exact) mass is 260 g/mol. The molecule has 1 aliphatic rings. The van der Waals surface area contributed by atoms with E-state index in [1.54, 1.807) is 6.92 Å². The van der Waals surface area contributed by atoms with Gasteiger partial charge in [0.05, 0.1) is 0 Å². The maximum atomic E-state index is 11.9. The first-order chi connectivity index (χ1) is 9.16. The van der Waals surface area contributed by atoms with Crippen LogP contribution in [0.25, 0.3) is 0 Å². The zero-order valence-corrected chi connectivity index (χ0v) is 11.3. The summed E-state index contributed by atoms with van der Waals surface area (Å²) in [6.07, 6.45) is 9.45. The zero-order chi connectivity index (χ0) is 13.7. The van der Waals surface area contributed by atoms with Gasteiger partial charge in [0.15, 0.2) is 5.43 Å². The Hall–Kier alpha value is -1.84. The summed E-state index contributed by atoms with van der Waals surface area (Å²) in [6, 6.07) is 1.44. The molecule has 0 unspecified atom stereocenters. The number of H-pyrrole nitrogens is 1. The third-order valence-corrected chi connectivity index (χ3v) is 3.42. The number of nitrogens with one attached hydrogen (secondary N) is 2. The van der Waals surface area contributed by atoms with Gasteiger partial charge in [0.2, 0.25) is 0 Å². The fraction of sp³-hybridized carbons (Fsp3) is 0.467. The fourth-order valence-corrected chi connectivity index (χ4v) is 2.31. The largest absolute Gasteiger partial charge is 0.364 e. The average Bonchev–Trinajstić information content (AvgIpc) is 2.39. The molecule has 1 aromatic rings. The second-order valence-corrected chi connectivity index (χ2v) is 5.01. The second kappa shape index (κ2) is 6.36. The summed E-state index contributed by atoms with van der Waals surface area (Å²) in [6.45, 7) is 2.39. The van der Waals surface area contributed by atoms with Crippen molar-refractivity contribution in [3.05, 3.63) is 45.4 Å². The van der Waals surface area contributed by atoms with E-state index < -0.39 is 0 Å². The molecule has 1 aliphatic carbocycles. The third kappa shape index (κ3) is 3.81. The average molecular weight is 260 g/mol. The van der Waals surface area contributed by atoms with Crippen molar-refractivity contribution in [1.82, 2.24) is 10.3 Å². The number of pyridine rings is 1. The van der Waals surface area contributed by atoms with Gasteiger partial charge in [-0.2, -0.15) is 0 Å². The Bertz CT molecular complexity index is 543. The number of aromatic nitrogens is 1. The van der Waals surface area contributed by atoms with Crippen LogP contribution in [0.15, 0.2) is 28.7 Å². The number of allylic oxidation sites excluding steroid dienone is 1. The van der Waals surface area contributed by atoms with E-state index in [-0.39, 0.29) is 16.9 Å². The number of carbonyl (C=O) groups is 1. The Morgan fingerprint density at radius 3 is 2.95 bits per heavy atom. The molecule has 0 spiro atoms. The quantitative estimate of drug-likeness (QED) is 0.816. The molecule has 0 aromatic carbocycles. The Morgan fingerprint density at radius 1 is 1.42 bits per heavy atom. The van der Waals surface area contributed by atoms with Crippen LogP contribution in [0.2, 0.25) is 0 Å². The molecule has 2 rings (SSSR count). The number of amides is 1. The van der Waals surface area contributed by atoms with Crippen molar-refractivity contribution in [2.75, 3.05) is 6.54 Å². The van der Waals surface area contributed by atoms with Gasteiger partial charge in [0.25, 0.3) is 5.91 Å². The molecule has 1 heterocycles. The minimum atomic E-state index is -0.294. The number of aryl methyl sites for hydroxylation is 1. The first-order valence-corrected chi connectivity index (χ1v) is 6.82. The highest BCUT2D eigenvalue weighted by Crippen LogP contribution is 2.19. The molecule has 0 atom stereocenters. The van der Waals surface area contributed by atoms with E-state index in [1.807, 2.05) is 0 Å².